The van der Waals surface area contributed by atoms with Gasteiger partial charge in [-0.15, -0.1) is 13.2 Å². The van der Waals surface area contributed by atoms with Crippen LogP contribution in [0.3, 0.4) is 0 Å². The smallest absolute Gasteiger partial charge is 0.406 e. The van der Waals surface area contributed by atoms with Gasteiger partial charge < -0.3 is 4.74 Å². The molecule has 0 unspecified atom stereocenters. The lowest BCUT2D eigenvalue weighted by molar-refractivity contribution is -0.274. The van der Waals surface area contributed by atoms with Crippen LogP contribution in [0.15, 0.2) is 18.2 Å². The van der Waals surface area contributed by atoms with Gasteiger partial charge in [0.1, 0.15) is 5.75 Å². The van der Waals surface area contributed by atoms with Crippen LogP contribution in [0.1, 0.15) is 19.4 Å². The maximum absolute atomic E-state index is 11.9. The van der Waals surface area contributed by atoms with E-state index in [4.69, 9.17) is 0 Å². The van der Waals surface area contributed by atoms with E-state index in [-0.39, 0.29) is 5.75 Å². The Hall–Kier alpha value is -1.19. The molecule has 0 aliphatic carbocycles. The summed E-state index contributed by atoms with van der Waals surface area (Å²) in [6, 6.07) is 6.87. The van der Waals surface area contributed by atoms with E-state index >= 15 is 0 Å². The van der Waals surface area contributed by atoms with Crippen molar-refractivity contribution < 1.29 is 17.9 Å². The summed E-state index contributed by atoms with van der Waals surface area (Å²) in [5.41, 5.74) is 0.798. The van der Waals surface area contributed by atoms with Crippen LogP contribution in [0.5, 0.6) is 5.75 Å². The van der Waals surface area contributed by atoms with Gasteiger partial charge in [0, 0.05) is 0 Å². The number of halogens is 3. The van der Waals surface area contributed by atoms with Gasteiger partial charge in [0.25, 0.3) is 0 Å². The van der Waals surface area contributed by atoms with E-state index in [0.29, 0.717) is 12.3 Å². The zero-order valence-corrected chi connectivity index (χ0v) is 8.56. The molecule has 0 fully saturated rings. The minimum Gasteiger partial charge on any atom is -0.406 e. The topological polar surface area (TPSA) is 9.23 Å². The largest absolute Gasteiger partial charge is 0.573 e. The summed E-state index contributed by atoms with van der Waals surface area (Å²) in [7, 11) is 0. The van der Waals surface area contributed by atoms with Gasteiger partial charge >= 0.3 is 6.36 Å². The first-order chi connectivity index (χ1) is 6.87. The zero-order chi connectivity index (χ0) is 11.5. The van der Waals surface area contributed by atoms with E-state index in [2.05, 4.69) is 10.8 Å². The molecule has 1 radical (unpaired) electrons. The van der Waals surface area contributed by atoms with Crippen molar-refractivity contribution in [1.29, 1.82) is 0 Å². The van der Waals surface area contributed by atoms with Crippen molar-refractivity contribution in [3.63, 3.8) is 0 Å². The molecule has 15 heavy (non-hydrogen) atoms. The predicted molar refractivity (Wildman–Crippen MR) is 50.5 cm³/mol. The quantitative estimate of drug-likeness (QED) is 0.751. The highest BCUT2D eigenvalue weighted by Crippen LogP contribution is 2.23. The van der Waals surface area contributed by atoms with Crippen LogP contribution < -0.4 is 4.74 Å². The van der Waals surface area contributed by atoms with Crippen LogP contribution in [0.4, 0.5) is 13.2 Å². The molecule has 1 aromatic carbocycles. The van der Waals surface area contributed by atoms with Gasteiger partial charge in [0.2, 0.25) is 0 Å². The van der Waals surface area contributed by atoms with E-state index in [9.17, 15) is 13.2 Å². The predicted octanol–water partition coefficient (Wildman–Crippen LogP) is 3.58. The fourth-order valence-electron chi connectivity index (χ4n) is 1.28. The molecule has 1 nitrogen and oxygen atoms in total. The number of rotatable bonds is 3. The van der Waals surface area contributed by atoms with Crippen LogP contribution in [0.25, 0.3) is 0 Å². The normalized spacial score (nSPS) is 11.9. The molecule has 0 saturated carbocycles. The number of hydrogen-bond donors (Lipinski definition) is 0. The highest BCUT2D eigenvalue weighted by atomic mass is 19.4. The first kappa shape index (κ1) is 11.9. The summed E-state index contributed by atoms with van der Waals surface area (Å²) in [6.45, 7) is 3.99. The van der Waals surface area contributed by atoms with E-state index in [1.54, 1.807) is 6.07 Å². The number of hydrogen-bond acceptors (Lipinski definition) is 1. The average Bonchev–Trinajstić information content (AvgIpc) is 1.99. The Morgan fingerprint density at radius 2 is 2.00 bits per heavy atom. The molecule has 0 saturated heterocycles. The number of benzene rings is 1. The minimum atomic E-state index is -4.63. The van der Waals surface area contributed by atoms with Crippen molar-refractivity contribution in [3.8, 4) is 5.75 Å². The molecule has 4 heteroatoms. The van der Waals surface area contributed by atoms with Crippen LogP contribution in [-0.4, -0.2) is 6.36 Å². The maximum Gasteiger partial charge on any atom is 0.573 e. The van der Waals surface area contributed by atoms with E-state index in [0.717, 1.165) is 5.56 Å². The van der Waals surface area contributed by atoms with Gasteiger partial charge in [0.05, 0.1) is 0 Å². The van der Waals surface area contributed by atoms with Crippen molar-refractivity contribution in [3.05, 3.63) is 29.8 Å². The summed E-state index contributed by atoms with van der Waals surface area (Å²) < 4.78 is 39.5. The average molecular weight is 217 g/mol. The minimum absolute atomic E-state index is 0.208. The van der Waals surface area contributed by atoms with Gasteiger partial charge in [-0.1, -0.05) is 19.9 Å². The Balaban J connectivity index is 2.74. The molecule has 0 heterocycles. The van der Waals surface area contributed by atoms with Gasteiger partial charge in [-0.05, 0) is 36.1 Å². The van der Waals surface area contributed by atoms with Gasteiger partial charge in [-0.3, -0.25) is 0 Å². The molecule has 83 valence electrons. The Morgan fingerprint density at radius 1 is 1.33 bits per heavy atom. The second-order valence-electron chi connectivity index (χ2n) is 3.72. The highest BCUT2D eigenvalue weighted by molar-refractivity contribution is 5.28. The molecule has 0 atom stereocenters. The third kappa shape index (κ3) is 4.72. The zero-order valence-electron chi connectivity index (χ0n) is 8.56. The first-order valence-electron chi connectivity index (χ1n) is 4.62. The summed E-state index contributed by atoms with van der Waals surface area (Å²) >= 11 is 0. The molecular formula is C11H12F3O. The first-order valence-corrected chi connectivity index (χ1v) is 4.62. The molecule has 0 N–H and O–H groups in total. The lowest BCUT2D eigenvalue weighted by atomic mass is 10.0. The lowest BCUT2D eigenvalue weighted by Gasteiger charge is -2.10. The molecule has 1 aromatic rings. The summed E-state index contributed by atoms with van der Waals surface area (Å²) in [6.07, 6.45) is -3.92. The standard InChI is InChI=1S/C11H12F3O/c1-8(2)6-9-4-3-5-10(7-9)15-11(12,13)14/h4-5,7-8H,6H2,1-2H3. The summed E-state index contributed by atoms with van der Waals surface area (Å²) in [5.74, 6) is 0.181. The molecule has 1 rings (SSSR count). The van der Waals surface area contributed by atoms with Crippen LogP contribution in [-0.2, 0) is 6.42 Å². The van der Waals surface area contributed by atoms with Gasteiger partial charge in [-0.2, -0.15) is 0 Å². The summed E-state index contributed by atoms with van der Waals surface area (Å²) in [4.78, 5) is 0. The van der Waals surface area contributed by atoms with Crippen molar-refractivity contribution in [2.45, 2.75) is 26.6 Å². The fraction of sp³-hybridized carbons (Fsp3) is 0.455. The second-order valence-corrected chi connectivity index (χ2v) is 3.72. The third-order valence-corrected chi connectivity index (χ3v) is 1.70. The molecule has 0 amide bonds. The molecule has 0 aliphatic heterocycles. The summed E-state index contributed by atoms with van der Waals surface area (Å²) in [5, 5.41) is 0. The van der Waals surface area contributed by atoms with Gasteiger partial charge in [0.15, 0.2) is 0 Å². The Morgan fingerprint density at radius 3 is 2.53 bits per heavy atom. The van der Waals surface area contributed by atoms with Crippen LogP contribution in [0, 0.1) is 12.0 Å². The van der Waals surface area contributed by atoms with E-state index in [1.165, 1.54) is 12.1 Å². The number of alkyl halides is 3. The Bertz CT molecular complexity index is 318. The highest BCUT2D eigenvalue weighted by Gasteiger charge is 2.31. The van der Waals surface area contributed by atoms with Crippen molar-refractivity contribution in [2.24, 2.45) is 5.92 Å². The Kier molecular flexibility index (Phi) is 3.61. The molecule has 0 bridgehead atoms. The molecule has 0 aromatic heterocycles. The van der Waals surface area contributed by atoms with E-state index < -0.39 is 6.36 Å². The molecule has 0 aliphatic rings. The molecule has 0 spiro atoms. The SMILES string of the molecule is CC(C)Cc1c[c]cc(OC(F)(F)F)c1. The van der Waals surface area contributed by atoms with Crippen molar-refractivity contribution in [2.75, 3.05) is 0 Å². The van der Waals surface area contributed by atoms with Crippen LogP contribution in [0.2, 0.25) is 0 Å². The second kappa shape index (κ2) is 4.55. The van der Waals surface area contributed by atoms with Crippen LogP contribution >= 0.6 is 0 Å². The third-order valence-electron chi connectivity index (χ3n) is 1.70. The number of ether oxygens (including phenoxy) is 1. The van der Waals surface area contributed by atoms with Crippen molar-refractivity contribution >= 4 is 0 Å². The Labute approximate surface area is 86.9 Å². The molecular weight excluding hydrogens is 205 g/mol. The van der Waals surface area contributed by atoms with E-state index in [1.807, 2.05) is 13.8 Å². The lowest BCUT2D eigenvalue weighted by Crippen LogP contribution is -2.17. The van der Waals surface area contributed by atoms with Crippen molar-refractivity contribution in [1.82, 2.24) is 0 Å². The van der Waals surface area contributed by atoms with Gasteiger partial charge in [-0.25, -0.2) is 0 Å². The fourth-order valence-corrected chi connectivity index (χ4v) is 1.28. The monoisotopic (exact) mass is 217 g/mol. The maximum atomic E-state index is 11.9.